The fourth-order valence-electron chi connectivity index (χ4n) is 2.86. The molecule has 0 radical (unpaired) electrons. The van der Waals surface area contributed by atoms with Crippen LogP contribution in [0.3, 0.4) is 0 Å². The van der Waals surface area contributed by atoms with Crippen LogP contribution in [-0.4, -0.2) is 19.2 Å². The van der Waals surface area contributed by atoms with E-state index in [2.05, 4.69) is 17.1 Å². The van der Waals surface area contributed by atoms with E-state index < -0.39 is 0 Å². The Morgan fingerprint density at radius 2 is 1.95 bits per heavy atom. The molecule has 0 fully saturated rings. The molecular weight excluding hydrogens is 250 g/mol. The van der Waals surface area contributed by atoms with Crippen LogP contribution >= 0.6 is 0 Å². The summed E-state index contributed by atoms with van der Waals surface area (Å²) in [4.78, 5) is 4.61. The van der Waals surface area contributed by atoms with Gasteiger partial charge in [0.1, 0.15) is 0 Å². The lowest BCUT2D eigenvalue weighted by atomic mass is 9.90. The summed E-state index contributed by atoms with van der Waals surface area (Å²) < 4.78 is 10.8. The molecule has 0 spiro atoms. The Bertz CT molecular complexity index is 649. The van der Waals surface area contributed by atoms with Crippen molar-refractivity contribution < 1.29 is 9.47 Å². The lowest BCUT2D eigenvalue weighted by molar-refractivity contribution is 0.356. The Labute approximate surface area is 119 Å². The predicted molar refractivity (Wildman–Crippen MR) is 80.6 cm³/mol. The summed E-state index contributed by atoms with van der Waals surface area (Å²) >= 11 is 0. The summed E-state index contributed by atoms with van der Waals surface area (Å²) in [6.45, 7) is 0. The van der Waals surface area contributed by atoms with E-state index in [-0.39, 0.29) is 0 Å². The summed E-state index contributed by atoms with van der Waals surface area (Å²) in [5.41, 5.74) is 1.14. The third kappa shape index (κ3) is 2.24. The minimum Gasteiger partial charge on any atom is -0.493 e. The van der Waals surface area contributed by atoms with Gasteiger partial charge in [-0.1, -0.05) is 12.2 Å². The van der Waals surface area contributed by atoms with Crippen LogP contribution in [0.2, 0.25) is 0 Å². The molecule has 104 valence electrons. The second kappa shape index (κ2) is 5.53. The Kier molecular flexibility index (Phi) is 3.59. The maximum absolute atomic E-state index is 5.42. The Morgan fingerprint density at radius 1 is 1.15 bits per heavy atom. The van der Waals surface area contributed by atoms with Crippen molar-refractivity contribution in [2.24, 2.45) is 0 Å². The van der Waals surface area contributed by atoms with Crippen LogP contribution in [-0.2, 0) is 0 Å². The molecular formula is C17H19NO2. The molecule has 2 aromatic rings. The van der Waals surface area contributed by atoms with Gasteiger partial charge in [0.25, 0.3) is 0 Å². The van der Waals surface area contributed by atoms with Gasteiger partial charge in [0.05, 0.1) is 19.9 Å². The highest BCUT2D eigenvalue weighted by Gasteiger charge is 2.17. The molecule has 0 bridgehead atoms. The highest BCUT2D eigenvalue weighted by molar-refractivity contribution is 5.88. The van der Waals surface area contributed by atoms with Crippen molar-refractivity contribution >= 4 is 10.8 Å². The molecule has 1 heterocycles. The fraction of sp³-hybridized carbons (Fsp3) is 0.353. The van der Waals surface area contributed by atoms with Crippen LogP contribution in [0.1, 0.15) is 30.9 Å². The van der Waals surface area contributed by atoms with E-state index in [0.717, 1.165) is 34.4 Å². The molecule has 3 rings (SSSR count). The molecule has 1 aliphatic carbocycles. The van der Waals surface area contributed by atoms with E-state index in [1.54, 1.807) is 14.2 Å². The van der Waals surface area contributed by atoms with Crippen LogP contribution in [0.5, 0.6) is 11.5 Å². The number of nitrogens with zero attached hydrogens (tertiary/aromatic N) is 1. The SMILES string of the molecule is COc1cc2ccnc(C3C=CCCC3)c2cc1OC. The summed E-state index contributed by atoms with van der Waals surface area (Å²) in [6.07, 6.45) is 9.99. The first-order chi connectivity index (χ1) is 9.83. The molecule has 0 saturated carbocycles. The molecule has 1 aromatic heterocycles. The summed E-state index contributed by atoms with van der Waals surface area (Å²) in [6, 6.07) is 6.08. The minimum atomic E-state index is 0.408. The first-order valence-electron chi connectivity index (χ1n) is 7.01. The molecule has 20 heavy (non-hydrogen) atoms. The maximum Gasteiger partial charge on any atom is 0.161 e. The monoisotopic (exact) mass is 269 g/mol. The number of hydrogen-bond donors (Lipinski definition) is 0. The summed E-state index contributed by atoms with van der Waals surface area (Å²) in [5, 5.41) is 2.30. The third-order valence-corrected chi connectivity index (χ3v) is 3.90. The minimum absolute atomic E-state index is 0.408. The molecule has 0 aliphatic heterocycles. The molecule has 1 atom stereocenters. The van der Waals surface area contributed by atoms with Crippen molar-refractivity contribution in [3.8, 4) is 11.5 Å². The number of allylic oxidation sites excluding steroid dienone is 2. The zero-order valence-corrected chi connectivity index (χ0v) is 11.9. The van der Waals surface area contributed by atoms with Gasteiger partial charge in [-0.2, -0.15) is 0 Å². The molecule has 0 saturated heterocycles. The van der Waals surface area contributed by atoms with Crippen LogP contribution in [0, 0.1) is 0 Å². The van der Waals surface area contributed by atoms with E-state index in [1.165, 1.54) is 12.8 Å². The van der Waals surface area contributed by atoms with Gasteiger partial charge in [-0.25, -0.2) is 0 Å². The van der Waals surface area contributed by atoms with E-state index in [4.69, 9.17) is 9.47 Å². The number of fused-ring (bicyclic) bond motifs is 1. The molecule has 1 aliphatic rings. The van der Waals surface area contributed by atoms with Gasteiger partial charge in [0, 0.05) is 17.5 Å². The largest absolute Gasteiger partial charge is 0.493 e. The quantitative estimate of drug-likeness (QED) is 0.787. The topological polar surface area (TPSA) is 31.4 Å². The van der Waals surface area contributed by atoms with Crippen molar-refractivity contribution in [3.05, 3.63) is 42.2 Å². The molecule has 3 heteroatoms. The lowest BCUT2D eigenvalue weighted by Crippen LogP contribution is -2.03. The fourth-order valence-corrected chi connectivity index (χ4v) is 2.86. The average Bonchev–Trinajstić information content (AvgIpc) is 2.53. The van der Waals surface area contributed by atoms with Gasteiger partial charge in [0.15, 0.2) is 11.5 Å². The second-order valence-electron chi connectivity index (χ2n) is 5.09. The first-order valence-corrected chi connectivity index (χ1v) is 7.01. The van der Waals surface area contributed by atoms with E-state index in [9.17, 15) is 0 Å². The van der Waals surface area contributed by atoms with E-state index >= 15 is 0 Å². The first kappa shape index (κ1) is 13.0. The standard InChI is InChI=1S/C17H19NO2/c1-19-15-10-13-8-9-18-17(12-6-4-3-5-7-12)14(13)11-16(15)20-2/h4,6,8-12H,3,5,7H2,1-2H3. The predicted octanol–water partition coefficient (Wildman–Crippen LogP) is 4.08. The third-order valence-electron chi connectivity index (χ3n) is 3.90. The van der Waals surface area contributed by atoms with Crippen LogP contribution in [0.25, 0.3) is 10.8 Å². The number of aromatic nitrogens is 1. The highest BCUT2D eigenvalue weighted by Crippen LogP contribution is 2.37. The summed E-state index contributed by atoms with van der Waals surface area (Å²) in [5.74, 6) is 1.93. The van der Waals surface area contributed by atoms with Gasteiger partial charge in [-0.15, -0.1) is 0 Å². The number of methoxy groups -OCH3 is 2. The maximum atomic E-state index is 5.42. The van der Waals surface area contributed by atoms with Gasteiger partial charge in [-0.05, 0) is 42.8 Å². The van der Waals surface area contributed by atoms with Crippen molar-refractivity contribution in [2.45, 2.75) is 25.2 Å². The highest BCUT2D eigenvalue weighted by atomic mass is 16.5. The molecule has 3 nitrogen and oxygen atoms in total. The Morgan fingerprint density at radius 3 is 2.65 bits per heavy atom. The molecule has 1 aromatic carbocycles. The zero-order valence-electron chi connectivity index (χ0n) is 11.9. The van der Waals surface area contributed by atoms with Gasteiger partial charge in [-0.3, -0.25) is 4.98 Å². The number of hydrogen-bond acceptors (Lipinski definition) is 3. The van der Waals surface area contributed by atoms with Gasteiger partial charge >= 0.3 is 0 Å². The van der Waals surface area contributed by atoms with Crippen molar-refractivity contribution in [1.29, 1.82) is 0 Å². The Balaban J connectivity index is 2.17. The van der Waals surface area contributed by atoms with Crippen molar-refractivity contribution in [3.63, 3.8) is 0 Å². The van der Waals surface area contributed by atoms with E-state index in [1.807, 2.05) is 24.4 Å². The number of rotatable bonds is 3. The van der Waals surface area contributed by atoms with Gasteiger partial charge in [0.2, 0.25) is 0 Å². The number of benzene rings is 1. The lowest BCUT2D eigenvalue weighted by Gasteiger charge is -2.18. The number of pyridine rings is 1. The normalized spacial score (nSPS) is 18.2. The van der Waals surface area contributed by atoms with Crippen molar-refractivity contribution in [2.75, 3.05) is 14.2 Å². The van der Waals surface area contributed by atoms with Crippen LogP contribution in [0.4, 0.5) is 0 Å². The molecule has 0 N–H and O–H groups in total. The summed E-state index contributed by atoms with van der Waals surface area (Å²) in [7, 11) is 3.33. The number of ether oxygens (including phenoxy) is 2. The average molecular weight is 269 g/mol. The zero-order chi connectivity index (χ0) is 13.9. The molecule has 1 unspecified atom stereocenters. The Hall–Kier alpha value is -2.03. The smallest absolute Gasteiger partial charge is 0.161 e. The van der Waals surface area contributed by atoms with Gasteiger partial charge < -0.3 is 9.47 Å². The molecule has 0 amide bonds. The van der Waals surface area contributed by atoms with Crippen LogP contribution < -0.4 is 9.47 Å². The second-order valence-corrected chi connectivity index (χ2v) is 5.09. The van der Waals surface area contributed by atoms with Crippen molar-refractivity contribution in [1.82, 2.24) is 4.98 Å². The van der Waals surface area contributed by atoms with E-state index in [0.29, 0.717) is 5.92 Å². The van der Waals surface area contributed by atoms with Crippen LogP contribution in [0.15, 0.2) is 36.5 Å².